The summed E-state index contributed by atoms with van der Waals surface area (Å²) in [6.45, 7) is 3.39. The molecule has 0 bridgehead atoms. The fourth-order valence-corrected chi connectivity index (χ4v) is 6.41. The first-order valence-corrected chi connectivity index (χ1v) is 14.0. The van der Waals surface area contributed by atoms with Gasteiger partial charge < -0.3 is 14.0 Å². The van der Waals surface area contributed by atoms with Gasteiger partial charge in [-0.15, -0.1) is 0 Å². The van der Waals surface area contributed by atoms with Gasteiger partial charge in [0.05, 0.1) is 28.8 Å². The minimum Gasteiger partial charge on any atom is -0.497 e. The van der Waals surface area contributed by atoms with Crippen molar-refractivity contribution < 1.29 is 22.7 Å². The number of carbonyl (C=O) groups excluding carboxylic acids is 1. The average molecular weight is 540 g/mol. The van der Waals surface area contributed by atoms with Crippen molar-refractivity contribution in [3.63, 3.8) is 0 Å². The number of carbonyl (C=O) groups is 1. The third-order valence-electron chi connectivity index (χ3n) is 5.90. The van der Waals surface area contributed by atoms with Gasteiger partial charge in [-0.2, -0.15) is 9.30 Å². The normalized spacial score (nSPS) is 12.4. The molecule has 0 aliphatic carbocycles. The quantitative estimate of drug-likeness (QED) is 0.300. The molecule has 0 spiro atoms. The smallest absolute Gasteiger partial charge is 0.279 e. The largest absolute Gasteiger partial charge is 0.497 e. The molecule has 0 unspecified atom stereocenters. The summed E-state index contributed by atoms with van der Waals surface area (Å²) in [5.41, 5.74) is 2.13. The summed E-state index contributed by atoms with van der Waals surface area (Å²) in [5, 5.41) is 0. The van der Waals surface area contributed by atoms with Crippen LogP contribution in [0.25, 0.3) is 10.2 Å². The molecule has 1 amide bonds. The lowest BCUT2D eigenvalue weighted by Crippen LogP contribution is -2.30. The maximum absolute atomic E-state index is 13.2. The van der Waals surface area contributed by atoms with E-state index in [4.69, 9.17) is 9.47 Å². The number of ether oxygens (including phenoxy) is 2. The summed E-state index contributed by atoms with van der Waals surface area (Å²) in [7, 11) is -0.503. The van der Waals surface area contributed by atoms with Crippen LogP contribution in [0.2, 0.25) is 0 Å². The Hall–Kier alpha value is -3.31. The predicted octanol–water partition coefficient (Wildman–Crippen LogP) is 4.31. The van der Waals surface area contributed by atoms with E-state index in [2.05, 4.69) is 4.99 Å². The van der Waals surface area contributed by atoms with E-state index < -0.39 is 15.9 Å². The Morgan fingerprint density at radius 3 is 2.41 bits per heavy atom. The van der Waals surface area contributed by atoms with Crippen LogP contribution < -0.4 is 9.54 Å². The highest BCUT2D eigenvalue weighted by atomic mass is 32.2. The van der Waals surface area contributed by atoms with E-state index >= 15 is 0 Å². The van der Waals surface area contributed by atoms with E-state index in [0.717, 1.165) is 21.5 Å². The third-order valence-corrected chi connectivity index (χ3v) is 8.88. The molecule has 0 radical (unpaired) electrons. The van der Waals surface area contributed by atoms with Crippen molar-refractivity contribution in [1.29, 1.82) is 0 Å². The van der Waals surface area contributed by atoms with Gasteiger partial charge in [0.2, 0.25) is 10.0 Å². The lowest BCUT2D eigenvalue weighted by molar-refractivity contribution is 0.0997. The number of sulfonamides is 1. The Morgan fingerprint density at radius 2 is 1.76 bits per heavy atom. The number of benzene rings is 3. The monoisotopic (exact) mass is 539 g/mol. The van der Waals surface area contributed by atoms with Gasteiger partial charge in [0.1, 0.15) is 5.75 Å². The van der Waals surface area contributed by atoms with Crippen LogP contribution in [0, 0.1) is 0 Å². The van der Waals surface area contributed by atoms with Crippen LogP contribution in [-0.4, -0.2) is 50.6 Å². The highest BCUT2D eigenvalue weighted by molar-refractivity contribution is 7.89. The predicted molar refractivity (Wildman–Crippen MR) is 144 cm³/mol. The van der Waals surface area contributed by atoms with Gasteiger partial charge in [0, 0.05) is 32.3 Å². The fraction of sp³-hybridized carbons (Fsp3) is 0.259. The number of aromatic nitrogens is 1. The molecule has 194 valence electrons. The number of thiazole rings is 1. The molecule has 4 aromatic rings. The number of hydrogen-bond acceptors (Lipinski definition) is 6. The number of nitrogens with zero attached hydrogens (tertiary/aromatic N) is 3. The number of amides is 1. The first kappa shape index (κ1) is 26.7. The topological polar surface area (TPSA) is 90.2 Å². The van der Waals surface area contributed by atoms with Gasteiger partial charge in [-0.25, -0.2) is 8.42 Å². The maximum Gasteiger partial charge on any atom is 0.279 e. The molecule has 1 aromatic heterocycles. The summed E-state index contributed by atoms with van der Waals surface area (Å²) < 4.78 is 41.3. The summed E-state index contributed by atoms with van der Waals surface area (Å²) >= 11 is 1.38. The molecule has 4 rings (SSSR count). The second-order valence-electron chi connectivity index (χ2n) is 8.22. The van der Waals surface area contributed by atoms with E-state index in [1.807, 2.05) is 53.1 Å². The Morgan fingerprint density at radius 1 is 1.03 bits per heavy atom. The molecule has 0 aliphatic rings. The van der Waals surface area contributed by atoms with Crippen LogP contribution in [0.3, 0.4) is 0 Å². The van der Waals surface area contributed by atoms with Gasteiger partial charge in [-0.05, 0) is 48.0 Å². The molecule has 10 heteroatoms. The van der Waals surface area contributed by atoms with Gasteiger partial charge in [0.25, 0.3) is 5.91 Å². The van der Waals surface area contributed by atoms with Crippen molar-refractivity contribution in [2.75, 3.05) is 27.4 Å². The minimum atomic E-state index is -3.73. The van der Waals surface area contributed by atoms with E-state index in [1.54, 1.807) is 21.1 Å². The Kier molecular flexibility index (Phi) is 8.55. The van der Waals surface area contributed by atoms with Gasteiger partial charge in [-0.3, -0.25) is 4.79 Å². The zero-order valence-corrected chi connectivity index (χ0v) is 22.6. The summed E-state index contributed by atoms with van der Waals surface area (Å²) in [6.07, 6.45) is 0. The molecule has 0 N–H and O–H groups in total. The first-order valence-electron chi connectivity index (χ1n) is 11.8. The zero-order valence-electron chi connectivity index (χ0n) is 21.0. The molecule has 8 nitrogen and oxygen atoms in total. The summed E-state index contributed by atoms with van der Waals surface area (Å²) in [6, 6.07) is 21.1. The van der Waals surface area contributed by atoms with Crippen LogP contribution in [0.1, 0.15) is 22.8 Å². The molecule has 0 saturated carbocycles. The van der Waals surface area contributed by atoms with Crippen LogP contribution in [-0.2, 0) is 27.8 Å². The molecule has 1 heterocycles. The maximum atomic E-state index is 13.2. The highest BCUT2D eigenvalue weighted by Gasteiger charge is 2.23. The Bertz CT molecular complexity index is 1540. The lowest BCUT2D eigenvalue weighted by Gasteiger charge is -2.20. The summed E-state index contributed by atoms with van der Waals surface area (Å²) in [4.78, 5) is 18.1. The van der Waals surface area contributed by atoms with Crippen LogP contribution in [0.15, 0.2) is 82.7 Å². The fourth-order valence-electron chi connectivity index (χ4n) is 3.89. The number of methoxy groups -OCH3 is 2. The van der Waals surface area contributed by atoms with Crippen LogP contribution in [0.5, 0.6) is 5.75 Å². The lowest BCUT2D eigenvalue weighted by atomic mass is 10.2. The zero-order chi connectivity index (χ0) is 26.4. The van der Waals surface area contributed by atoms with E-state index in [1.165, 1.54) is 39.9 Å². The number of fused-ring (bicyclic) bond motifs is 1. The standard InChI is InChI=1S/C27H29N3O5S2/c1-4-29(19-20-8-6-5-7-9-20)37(32,33)23-13-10-21(11-14-23)26(31)28-27-30(16-17-34-2)24-15-12-22(35-3)18-25(24)36-27/h5-15,18H,4,16-17,19H2,1-3H3. The first-order chi connectivity index (χ1) is 17.9. The number of rotatable bonds is 10. The van der Waals surface area contributed by atoms with E-state index in [9.17, 15) is 13.2 Å². The third kappa shape index (κ3) is 5.99. The van der Waals surface area contributed by atoms with Crippen molar-refractivity contribution in [2.45, 2.75) is 24.9 Å². The van der Waals surface area contributed by atoms with Crippen LogP contribution >= 0.6 is 11.3 Å². The highest BCUT2D eigenvalue weighted by Crippen LogP contribution is 2.24. The molecule has 0 atom stereocenters. The summed E-state index contributed by atoms with van der Waals surface area (Å²) in [5.74, 6) is 0.265. The molecule has 37 heavy (non-hydrogen) atoms. The molecule has 0 saturated heterocycles. The van der Waals surface area contributed by atoms with Crippen molar-refractivity contribution in [3.05, 3.63) is 88.7 Å². The molecular weight excluding hydrogens is 510 g/mol. The number of hydrogen-bond donors (Lipinski definition) is 0. The van der Waals surface area contributed by atoms with Gasteiger partial charge in [0.15, 0.2) is 4.80 Å². The van der Waals surface area contributed by atoms with Crippen molar-refractivity contribution >= 4 is 37.5 Å². The average Bonchev–Trinajstić information content (AvgIpc) is 3.26. The van der Waals surface area contributed by atoms with Gasteiger partial charge in [-0.1, -0.05) is 48.6 Å². The molecule has 0 aliphatic heterocycles. The molecule has 0 fully saturated rings. The van der Waals surface area contributed by atoms with Crippen molar-refractivity contribution in [3.8, 4) is 5.75 Å². The van der Waals surface area contributed by atoms with E-state index in [0.29, 0.717) is 30.1 Å². The van der Waals surface area contributed by atoms with Crippen LogP contribution in [0.4, 0.5) is 0 Å². The molecule has 3 aromatic carbocycles. The Labute approximate surface area is 220 Å². The second-order valence-corrected chi connectivity index (χ2v) is 11.2. The SMILES string of the molecule is CCN(Cc1ccccc1)S(=O)(=O)c1ccc(C(=O)N=c2sc3cc(OC)ccc3n2CCOC)cc1. The molecular formula is C27H29N3O5S2. The second kappa shape index (κ2) is 11.8. The Balaban J connectivity index is 1.62. The van der Waals surface area contributed by atoms with Crippen molar-refractivity contribution in [2.24, 2.45) is 4.99 Å². The van der Waals surface area contributed by atoms with E-state index in [-0.39, 0.29) is 11.4 Å². The van der Waals surface area contributed by atoms with Crippen molar-refractivity contribution in [1.82, 2.24) is 8.87 Å². The minimum absolute atomic E-state index is 0.131. The van der Waals surface area contributed by atoms with Gasteiger partial charge >= 0.3 is 0 Å².